The van der Waals surface area contributed by atoms with Crippen LogP contribution in [0.4, 0.5) is 28.9 Å². The Labute approximate surface area is 312 Å². The summed E-state index contributed by atoms with van der Waals surface area (Å²) in [4.78, 5) is 21.6. The lowest BCUT2D eigenvalue weighted by molar-refractivity contribution is -0.383. The fourth-order valence-corrected chi connectivity index (χ4v) is 6.69. The molecule has 10 nitrogen and oxygen atoms in total. The Kier molecular flexibility index (Phi) is 12.5. The summed E-state index contributed by atoms with van der Waals surface area (Å²) < 4.78 is 67.5. The maximum Gasteiger partial charge on any atom is 0.418 e. The number of hydrogen-bond acceptors (Lipinski definition) is 9. The topological polar surface area (TPSA) is 123 Å². The molecule has 1 unspecified atom stereocenters. The molecule has 0 spiro atoms. The highest BCUT2D eigenvalue weighted by Crippen LogP contribution is 2.44. The van der Waals surface area contributed by atoms with E-state index in [0.29, 0.717) is 52.6 Å². The molecule has 1 saturated heterocycles. The van der Waals surface area contributed by atoms with Crippen LogP contribution in [0.2, 0.25) is 0 Å². The first-order valence-corrected chi connectivity index (χ1v) is 17.9. The van der Waals surface area contributed by atoms with Crippen molar-refractivity contribution in [3.8, 4) is 5.75 Å². The van der Waals surface area contributed by atoms with Crippen molar-refractivity contribution in [3.63, 3.8) is 0 Å². The molecule has 1 aliphatic rings. The van der Waals surface area contributed by atoms with Gasteiger partial charge in [-0.25, -0.2) is 4.39 Å². The van der Waals surface area contributed by atoms with Crippen molar-refractivity contribution in [2.24, 2.45) is 0 Å². The number of nitro groups is 1. The number of alkyl halides is 4. The number of rotatable bonds is 11. The van der Waals surface area contributed by atoms with Gasteiger partial charge in [-0.1, -0.05) is 41.9 Å². The van der Waals surface area contributed by atoms with Crippen LogP contribution in [-0.2, 0) is 22.0 Å². The summed E-state index contributed by atoms with van der Waals surface area (Å²) in [6.07, 6.45) is -5.67. The fourth-order valence-electron chi connectivity index (χ4n) is 6.38. The lowest BCUT2D eigenvalue weighted by Crippen LogP contribution is -2.53. The first-order chi connectivity index (χ1) is 25.1. The maximum absolute atomic E-state index is 14.3. The second kappa shape index (κ2) is 16.7. The van der Waals surface area contributed by atoms with Gasteiger partial charge in [0.05, 0.1) is 59.6 Å². The Bertz CT molecular complexity index is 2060. The van der Waals surface area contributed by atoms with Gasteiger partial charge in [0, 0.05) is 47.7 Å². The number of aromatic nitrogens is 2. The van der Waals surface area contributed by atoms with Gasteiger partial charge in [0.25, 0.3) is 5.69 Å². The molecule has 1 atom stereocenters. The number of methoxy groups -OCH3 is 1. The predicted octanol–water partition coefficient (Wildman–Crippen LogP) is 8.33. The molecule has 0 radical (unpaired) electrons. The van der Waals surface area contributed by atoms with Gasteiger partial charge in [0.2, 0.25) is 0 Å². The lowest BCUT2D eigenvalue weighted by atomic mass is 9.74. The molecule has 0 amide bonds. The highest BCUT2D eigenvalue weighted by atomic mass is 79.9. The molecule has 2 N–H and O–H groups in total. The highest BCUT2D eigenvalue weighted by Gasteiger charge is 2.56. The average molecular weight is 803 g/mol. The van der Waals surface area contributed by atoms with E-state index in [0.717, 1.165) is 30.5 Å². The molecule has 0 saturated carbocycles. The summed E-state index contributed by atoms with van der Waals surface area (Å²) in [6.45, 7) is 5.89. The minimum Gasteiger partial charge on any atom is -0.496 e. The number of nitro benzene ring substituents is 1. The zero-order valence-corrected chi connectivity index (χ0v) is 31.0. The van der Waals surface area contributed by atoms with Crippen molar-refractivity contribution in [1.82, 2.24) is 14.9 Å². The van der Waals surface area contributed by atoms with E-state index in [9.17, 15) is 32.8 Å². The number of pyridine rings is 2. The number of morpholine rings is 1. The Morgan fingerprint density at radius 1 is 0.962 bits per heavy atom. The van der Waals surface area contributed by atoms with E-state index in [1.165, 1.54) is 39.2 Å². The van der Waals surface area contributed by atoms with Crippen LogP contribution in [0.1, 0.15) is 37.2 Å². The van der Waals surface area contributed by atoms with Crippen LogP contribution < -0.4 is 10.1 Å². The number of non-ortho nitro benzene ring substituents is 1. The minimum atomic E-state index is -4.95. The number of nitrogens with one attached hydrogen (secondary N) is 1. The Morgan fingerprint density at radius 3 is 2.26 bits per heavy atom. The first-order valence-electron chi connectivity index (χ1n) is 16.8. The third kappa shape index (κ3) is 9.57. The lowest BCUT2D eigenvalue weighted by Gasteiger charge is -2.38. The molecular formula is C38H40BrF4N5O5. The molecule has 2 aromatic heterocycles. The van der Waals surface area contributed by atoms with Crippen molar-refractivity contribution in [2.75, 3.05) is 45.3 Å². The molecule has 15 heteroatoms. The molecule has 1 aliphatic heterocycles. The molecule has 282 valence electrons. The third-order valence-corrected chi connectivity index (χ3v) is 9.68. The number of anilines is 1. The number of fused-ring (bicyclic) bond motifs is 2. The third-order valence-electron chi connectivity index (χ3n) is 9.10. The van der Waals surface area contributed by atoms with Gasteiger partial charge >= 0.3 is 6.18 Å². The van der Waals surface area contributed by atoms with Gasteiger partial charge in [-0.2, -0.15) is 13.2 Å². The summed E-state index contributed by atoms with van der Waals surface area (Å²) in [5.74, 6) is -0.347. The monoisotopic (exact) mass is 801 g/mol. The largest absolute Gasteiger partial charge is 0.496 e. The van der Waals surface area contributed by atoms with Gasteiger partial charge in [0.15, 0.2) is 5.60 Å². The van der Waals surface area contributed by atoms with Crippen LogP contribution in [-0.4, -0.2) is 76.6 Å². The summed E-state index contributed by atoms with van der Waals surface area (Å²) >= 11 is 3.29. The number of benzene rings is 3. The molecule has 5 aromatic rings. The van der Waals surface area contributed by atoms with E-state index >= 15 is 0 Å². The molecule has 3 aromatic carbocycles. The molecule has 53 heavy (non-hydrogen) atoms. The molecule has 3 heterocycles. The Balaban J connectivity index is 0.000000300. The number of aliphatic hydroxyl groups is 1. The molecular weight excluding hydrogens is 762 g/mol. The number of ether oxygens (including phenoxy) is 2. The van der Waals surface area contributed by atoms with Crippen molar-refractivity contribution in [2.45, 2.75) is 49.3 Å². The minimum absolute atomic E-state index is 0.0983. The Morgan fingerprint density at radius 2 is 1.60 bits per heavy atom. The SMILES string of the molecule is COc1ccc(F)cc1C(C)(C)CC(O)(CNc1cccc2nc(CN3CCOCC3)ccc12)C(F)(F)F.O=[N+]([O-])c1cccc2nc(CBr)ccc12. The van der Waals surface area contributed by atoms with E-state index in [-0.39, 0.29) is 17.0 Å². The molecule has 0 aliphatic carbocycles. The normalized spacial score (nSPS) is 15.0. The zero-order chi connectivity index (χ0) is 38.4. The quantitative estimate of drug-likeness (QED) is 0.0588. The Hall–Kier alpha value is -4.44. The second-order valence-corrected chi connectivity index (χ2v) is 13.9. The number of hydrogen-bond donors (Lipinski definition) is 2. The molecule has 1 fully saturated rings. The van der Waals surface area contributed by atoms with E-state index < -0.39 is 40.9 Å². The van der Waals surface area contributed by atoms with Crippen LogP contribution in [0.3, 0.4) is 0 Å². The van der Waals surface area contributed by atoms with Crippen LogP contribution in [0.25, 0.3) is 21.8 Å². The van der Waals surface area contributed by atoms with Crippen LogP contribution in [0, 0.1) is 15.9 Å². The van der Waals surface area contributed by atoms with Crippen LogP contribution in [0.15, 0.2) is 78.9 Å². The molecule has 6 rings (SSSR count). The first kappa shape index (κ1) is 39.8. The second-order valence-electron chi connectivity index (χ2n) is 13.4. The zero-order valence-electron chi connectivity index (χ0n) is 29.4. The van der Waals surface area contributed by atoms with Crippen molar-refractivity contribution in [1.29, 1.82) is 0 Å². The van der Waals surface area contributed by atoms with Crippen LogP contribution in [0.5, 0.6) is 5.75 Å². The van der Waals surface area contributed by atoms with Gasteiger partial charge in [0.1, 0.15) is 11.6 Å². The van der Waals surface area contributed by atoms with Crippen LogP contribution >= 0.6 is 15.9 Å². The van der Waals surface area contributed by atoms with Gasteiger partial charge in [-0.15, -0.1) is 0 Å². The van der Waals surface area contributed by atoms with Crippen molar-refractivity contribution in [3.05, 3.63) is 112 Å². The standard InChI is InChI=1S/C28H33F4N3O3.C10H7BrN2O2/c1-26(2,22-15-19(29)7-10-25(22)37-3)17-27(36,28(30,31)32)18-33-23-5-4-6-24-21(23)9-8-20(34-24)16-35-11-13-38-14-12-35;11-6-7-4-5-8-9(12-7)2-1-3-10(8)13(14)15/h4-10,15,33,36H,11-14,16-18H2,1-3H3;1-5H,6H2. The maximum atomic E-state index is 14.3. The van der Waals surface area contributed by atoms with Gasteiger partial charge in [-0.3, -0.25) is 25.0 Å². The van der Waals surface area contributed by atoms with E-state index in [1.807, 2.05) is 12.1 Å². The highest BCUT2D eigenvalue weighted by molar-refractivity contribution is 9.08. The predicted molar refractivity (Wildman–Crippen MR) is 199 cm³/mol. The van der Waals surface area contributed by atoms with Gasteiger partial charge < -0.3 is 19.9 Å². The summed E-state index contributed by atoms with van der Waals surface area (Å²) in [6, 6.07) is 21.0. The summed E-state index contributed by atoms with van der Waals surface area (Å²) in [7, 11) is 1.37. The van der Waals surface area contributed by atoms with Gasteiger partial charge in [-0.05, 0) is 72.5 Å². The smallest absolute Gasteiger partial charge is 0.418 e. The average Bonchev–Trinajstić information content (AvgIpc) is 3.13. The molecule has 0 bridgehead atoms. The summed E-state index contributed by atoms with van der Waals surface area (Å²) in [5, 5.41) is 26.4. The van der Waals surface area contributed by atoms with Crippen molar-refractivity contribution < 1.29 is 37.1 Å². The van der Waals surface area contributed by atoms with E-state index in [2.05, 4.69) is 31.1 Å². The number of halogens is 5. The van der Waals surface area contributed by atoms with E-state index in [1.54, 1.807) is 42.5 Å². The van der Waals surface area contributed by atoms with Crippen molar-refractivity contribution >= 4 is 49.1 Å². The van der Waals surface area contributed by atoms with E-state index in [4.69, 9.17) is 14.5 Å². The fraction of sp³-hybridized carbons (Fsp3) is 0.368. The summed E-state index contributed by atoms with van der Waals surface area (Å²) in [5.41, 5.74) is -0.601. The number of nitrogens with zero attached hydrogens (tertiary/aromatic N) is 4.